The van der Waals surface area contributed by atoms with E-state index in [0.29, 0.717) is 0 Å². The van der Waals surface area contributed by atoms with Gasteiger partial charge in [-0.15, -0.1) is 0 Å². The molecule has 1 aliphatic carbocycles. The molecule has 1 saturated carbocycles. The molecule has 1 heterocycles. The predicted molar refractivity (Wildman–Crippen MR) is 64.0 cm³/mol. The Morgan fingerprint density at radius 2 is 2.00 bits per heavy atom. The van der Waals surface area contributed by atoms with Crippen LogP contribution in [0.15, 0.2) is 15.7 Å². The maximum Gasteiger partial charge on any atom is 0.326 e. The normalized spacial score (nSPS) is 14.1. The van der Waals surface area contributed by atoms with Crippen LogP contribution in [0.5, 0.6) is 0 Å². The quantitative estimate of drug-likeness (QED) is 0.640. The van der Waals surface area contributed by atoms with Crippen molar-refractivity contribution < 1.29 is 14.7 Å². The molecule has 102 valence electrons. The fourth-order valence-corrected chi connectivity index (χ4v) is 1.79. The Morgan fingerprint density at radius 3 is 2.53 bits per heavy atom. The Kier molecular flexibility index (Phi) is 3.50. The van der Waals surface area contributed by atoms with Gasteiger partial charge in [0.2, 0.25) is 0 Å². The molecule has 3 N–H and O–H groups in total. The highest BCUT2D eigenvalue weighted by Gasteiger charge is 2.33. The van der Waals surface area contributed by atoms with Crippen molar-refractivity contribution in [3.8, 4) is 0 Å². The summed E-state index contributed by atoms with van der Waals surface area (Å²) >= 11 is 0. The molecule has 0 bridgehead atoms. The topological polar surface area (TPSA) is 123 Å². The number of carboxylic acids is 1. The minimum Gasteiger partial charge on any atom is -0.481 e. The Hall–Kier alpha value is -2.38. The Labute approximate surface area is 107 Å². The standard InChI is InChI=1S/C11H13N3O5/c15-8-5-7(12-11(19)13-8)10(18)14(6-1-2-6)4-3-9(16)17/h5-6H,1-4H2,(H,16,17)(H2,12,13,15,19). The molecule has 19 heavy (non-hydrogen) atoms. The second kappa shape index (κ2) is 5.09. The molecular formula is C11H13N3O5. The van der Waals surface area contributed by atoms with E-state index in [-0.39, 0.29) is 24.7 Å². The summed E-state index contributed by atoms with van der Waals surface area (Å²) in [6.07, 6.45) is 1.44. The molecule has 0 aliphatic heterocycles. The van der Waals surface area contributed by atoms with E-state index in [1.54, 1.807) is 0 Å². The molecule has 1 fully saturated rings. The molecule has 1 amide bonds. The molecule has 1 aromatic rings. The summed E-state index contributed by atoms with van der Waals surface area (Å²) in [6.45, 7) is 0.0632. The van der Waals surface area contributed by atoms with Gasteiger partial charge < -0.3 is 15.0 Å². The lowest BCUT2D eigenvalue weighted by Gasteiger charge is -2.21. The predicted octanol–water partition coefficient (Wildman–Crippen LogP) is -0.857. The minimum atomic E-state index is -1.00. The molecular weight excluding hydrogens is 254 g/mol. The number of hydrogen-bond donors (Lipinski definition) is 3. The van der Waals surface area contributed by atoms with E-state index < -0.39 is 23.1 Å². The van der Waals surface area contributed by atoms with Crippen molar-refractivity contribution in [2.24, 2.45) is 0 Å². The third-order valence-electron chi connectivity index (χ3n) is 2.81. The lowest BCUT2D eigenvalue weighted by molar-refractivity contribution is -0.137. The summed E-state index contributed by atoms with van der Waals surface area (Å²) in [4.78, 5) is 50.6. The number of rotatable bonds is 5. The van der Waals surface area contributed by atoms with Gasteiger partial charge in [0, 0.05) is 18.7 Å². The molecule has 0 atom stereocenters. The lowest BCUT2D eigenvalue weighted by Crippen LogP contribution is -2.37. The van der Waals surface area contributed by atoms with Gasteiger partial charge in [0.05, 0.1) is 6.42 Å². The highest BCUT2D eigenvalue weighted by atomic mass is 16.4. The van der Waals surface area contributed by atoms with Crippen molar-refractivity contribution in [3.63, 3.8) is 0 Å². The second-order valence-electron chi connectivity index (χ2n) is 4.37. The van der Waals surface area contributed by atoms with Crippen molar-refractivity contribution in [3.05, 3.63) is 32.6 Å². The van der Waals surface area contributed by atoms with Crippen molar-refractivity contribution >= 4 is 11.9 Å². The number of nitrogens with one attached hydrogen (secondary N) is 2. The SMILES string of the molecule is O=C(O)CCN(C(=O)c1cc(=O)[nH]c(=O)[nH]1)C1CC1. The third-order valence-corrected chi connectivity index (χ3v) is 2.81. The minimum absolute atomic E-state index is 0.00496. The summed E-state index contributed by atoms with van der Waals surface area (Å²) in [5.41, 5.74) is -1.54. The van der Waals surface area contributed by atoms with E-state index in [4.69, 9.17) is 5.11 Å². The number of hydrogen-bond acceptors (Lipinski definition) is 4. The van der Waals surface area contributed by atoms with Crippen LogP contribution < -0.4 is 11.2 Å². The molecule has 1 aromatic heterocycles. The van der Waals surface area contributed by atoms with E-state index in [2.05, 4.69) is 4.98 Å². The molecule has 0 unspecified atom stereocenters. The summed E-state index contributed by atoms with van der Waals surface area (Å²) in [5.74, 6) is -1.52. The van der Waals surface area contributed by atoms with Gasteiger partial charge in [-0.3, -0.25) is 19.4 Å². The van der Waals surface area contributed by atoms with Gasteiger partial charge in [-0.25, -0.2) is 4.79 Å². The summed E-state index contributed by atoms with van der Waals surface area (Å²) in [7, 11) is 0. The highest BCUT2D eigenvalue weighted by Crippen LogP contribution is 2.27. The van der Waals surface area contributed by atoms with Gasteiger partial charge in [-0.2, -0.15) is 0 Å². The van der Waals surface area contributed by atoms with Crippen LogP contribution in [0.25, 0.3) is 0 Å². The van der Waals surface area contributed by atoms with Crippen LogP contribution in [-0.2, 0) is 4.79 Å². The van der Waals surface area contributed by atoms with Gasteiger partial charge in [0.25, 0.3) is 11.5 Å². The lowest BCUT2D eigenvalue weighted by atomic mass is 10.3. The fourth-order valence-electron chi connectivity index (χ4n) is 1.79. The number of carbonyl (C=O) groups is 2. The number of aromatic amines is 2. The first-order valence-electron chi connectivity index (χ1n) is 5.84. The van der Waals surface area contributed by atoms with Gasteiger partial charge >= 0.3 is 11.7 Å². The van der Waals surface area contributed by atoms with Crippen molar-refractivity contribution in [1.82, 2.24) is 14.9 Å². The number of aromatic nitrogens is 2. The van der Waals surface area contributed by atoms with E-state index in [1.807, 2.05) is 4.98 Å². The molecule has 2 rings (SSSR count). The van der Waals surface area contributed by atoms with Crippen molar-refractivity contribution in [2.75, 3.05) is 6.54 Å². The van der Waals surface area contributed by atoms with Gasteiger partial charge in [-0.05, 0) is 12.8 Å². The van der Waals surface area contributed by atoms with E-state index in [1.165, 1.54) is 4.90 Å². The van der Waals surface area contributed by atoms with Crippen LogP contribution in [0.4, 0.5) is 0 Å². The van der Waals surface area contributed by atoms with Crippen LogP contribution in [0.1, 0.15) is 29.8 Å². The highest BCUT2D eigenvalue weighted by molar-refractivity contribution is 5.92. The fraction of sp³-hybridized carbons (Fsp3) is 0.455. The number of nitrogens with zero attached hydrogens (tertiary/aromatic N) is 1. The molecule has 0 spiro atoms. The number of H-pyrrole nitrogens is 2. The molecule has 1 aliphatic rings. The monoisotopic (exact) mass is 267 g/mol. The number of carboxylic acid groups (broad SMARTS) is 1. The molecule has 0 saturated heterocycles. The van der Waals surface area contributed by atoms with Crippen molar-refractivity contribution in [1.29, 1.82) is 0 Å². The van der Waals surface area contributed by atoms with E-state index >= 15 is 0 Å². The first-order valence-corrected chi connectivity index (χ1v) is 5.84. The van der Waals surface area contributed by atoms with Crippen LogP contribution in [0, 0.1) is 0 Å². The average molecular weight is 267 g/mol. The summed E-state index contributed by atoms with van der Waals surface area (Å²) < 4.78 is 0. The smallest absolute Gasteiger partial charge is 0.326 e. The maximum absolute atomic E-state index is 12.2. The zero-order valence-corrected chi connectivity index (χ0v) is 10.0. The van der Waals surface area contributed by atoms with Gasteiger partial charge in [0.1, 0.15) is 5.69 Å². The zero-order chi connectivity index (χ0) is 14.0. The van der Waals surface area contributed by atoms with E-state index in [9.17, 15) is 19.2 Å². The van der Waals surface area contributed by atoms with Crippen LogP contribution in [-0.4, -0.2) is 44.4 Å². The number of amides is 1. The first kappa shape index (κ1) is 13.1. The Balaban J connectivity index is 2.21. The summed E-state index contributed by atoms with van der Waals surface area (Å²) in [5, 5.41) is 8.65. The van der Waals surface area contributed by atoms with Gasteiger partial charge in [0.15, 0.2) is 0 Å². The average Bonchev–Trinajstić information content (AvgIpc) is 3.11. The zero-order valence-electron chi connectivity index (χ0n) is 10.0. The largest absolute Gasteiger partial charge is 0.481 e. The third kappa shape index (κ3) is 3.30. The molecule has 0 radical (unpaired) electrons. The second-order valence-corrected chi connectivity index (χ2v) is 4.37. The summed E-state index contributed by atoms with van der Waals surface area (Å²) in [6, 6.07) is 0.995. The first-order chi connectivity index (χ1) is 8.97. The van der Waals surface area contributed by atoms with Crippen LogP contribution in [0.3, 0.4) is 0 Å². The van der Waals surface area contributed by atoms with E-state index in [0.717, 1.165) is 18.9 Å². The molecule has 8 heteroatoms. The number of aliphatic carboxylic acids is 1. The van der Waals surface area contributed by atoms with Crippen LogP contribution >= 0.6 is 0 Å². The maximum atomic E-state index is 12.2. The van der Waals surface area contributed by atoms with Crippen molar-refractivity contribution in [2.45, 2.75) is 25.3 Å². The Morgan fingerprint density at radius 1 is 1.32 bits per heavy atom. The Bertz CT molecular complexity index is 585. The van der Waals surface area contributed by atoms with Crippen LogP contribution in [0.2, 0.25) is 0 Å². The molecule has 0 aromatic carbocycles. The van der Waals surface area contributed by atoms with Gasteiger partial charge in [-0.1, -0.05) is 0 Å². The molecule has 8 nitrogen and oxygen atoms in total. The number of carbonyl (C=O) groups excluding carboxylic acids is 1.